The number of anilines is 2. The van der Waals surface area contributed by atoms with Crippen molar-refractivity contribution in [3.63, 3.8) is 0 Å². The molecule has 0 spiro atoms. The zero-order chi connectivity index (χ0) is 23.2. The van der Waals surface area contributed by atoms with Crippen LogP contribution in [-0.4, -0.2) is 29.9 Å². The lowest BCUT2D eigenvalue weighted by Gasteiger charge is -2.27. The van der Waals surface area contributed by atoms with Crippen LogP contribution < -0.4 is 9.80 Å². The topological polar surface area (TPSA) is 77.9 Å². The number of benzene rings is 2. The zero-order valence-electron chi connectivity index (χ0n) is 16.6. The van der Waals surface area contributed by atoms with Crippen LogP contribution in [0.25, 0.3) is 0 Å². The van der Waals surface area contributed by atoms with Gasteiger partial charge < -0.3 is 10.0 Å². The van der Waals surface area contributed by atoms with E-state index in [1.54, 1.807) is 0 Å². The summed E-state index contributed by atoms with van der Waals surface area (Å²) >= 11 is 0.822. The van der Waals surface area contributed by atoms with Crippen molar-refractivity contribution in [1.82, 2.24) is 0 Å². The number of hydrogen-bond acceptors (Lipinski definition) is 5. The molecule has 164 valence electrons. The van der Waals surface area contributed by atoms with Crippen LogP contribution in [-0.2, 0) is 17.8 Å². The van der Waals surface area contributed by atoms with Crippen LogP contribution in [0.4, 0.5) is 24.5 Å². The average Bonchev–Trinajstić information content (AvgIpc) is 3.14. The number of carbonyl (C=O) groups excluding carboxylic acids is 2. The predicted molar refractivity (Wildman–Crippen MR) is 112 cm³/mol. The van der Waals surface area contributed by atoms with E-state index in [-0.39, 0.29) is 40.3 Å². The highest BCUT2D eigenvalue weighted by molar-refractivity contribution is 7.12. The number of imide groups is 1. The molecule has 0 unspecified atom stereocenters. The van der Waals surface area contributed by atoms with Gasteiger partial charge in [-0.25, -0.2) is 22.9 Å². The van der Waals surface area contributed by atoms with E-state index in [4.69, 9.17) is 0 Å². The van der Waals surface area contributed by atoms with Crippen LogP contribution in [0.2, 0.25) is 0 Å². The molecule has 2 aromatic carbocycles. The summed E-state index contributed by atoms with van der Waals surface area (Å²) in [6.07, 6.45) is -0.255. The summed E-state index contributed by atoms with van der Waals surface area (Å²) in [7, 11) is 1.44. The highest BCUT2D eigenvalue weighted by Gasteiger charge is 2.38. The molecule has 1 aromatic heterocycles. The van der Waals surface area contributed by atoms with Crippen LogP contribution in [0.3, 0.4) is 0 Å². The Bertz CT molecular complexity index is 1250. The first-order chi connectivity index (χ1) is 15.2. The van der Waals surface area contributed by atoms with E-state index >= 15 is 0 Å². The van der Waals surface area contributed by atoms with Crippen molar-refractivity contribution < 1.29 is 32.7 Å². The lowest BCUT2D eigenvalue weighted by Crippen LogP contribution is -2.43. The molecule has 1 aliphatic heterocycles. The van der Waals surface area contributed by atoms with Crippen molar-refractivity contribution in [3.05, 3.63) is 80.8 Å². The lowest BCUT2D eigenvalue weighted by molar-refractivity contribution is -0.117. The first-order valence-electron chi connectivity index (χ1n) is 9.33. The van der Waals surface area contributed by atoms with Gasteiger partial charge in [-0.1, -0.05) is 12.1 Å². The number of aromatic carboxylic acids is 1. The molecular weight excluding hydrogens is 445 g/mol. The number of carboxylic acids is 1. The van der Waals surface area contributed by atoms with E-state index in [0.29, 0.717) is 10.5 Å². The molecule has 2 heterocycles. The fraction of sp³-hybridized carbons (Fsp3) is 0.136. The minimum atomic E-state index is -1.32. The number of carboxylic acid groups (broad SMARTS) is 1. The number of thiophene rings is 1. The number of carbonyl (C=O) groups is 3. The van der Waals surface area contributed by atoms with Gasteiger partial charge in [0.15, 0.2) is 0 Å². The number of halogens is 3. The maximum absolute atomic E-state index is 14.7. The molecule has 0 bridgehead atoms. The largest absolute Gasteiger partial charge is 0.477 e. The molecule has 32 heavy (non-hydrogen) atoms. The van der Waals surface area contributed by atoms with Crippen LogP contribution in [0.5, 0.6) is 0 Å². The number of amides is 2. The number of nitrogens with zero attached hydrogens (tertiary/aromatic N) is 2. The lowest BCUT2D eigenvalue weighted by atomic mass is 10.00. The van der Waals surface area contributed by atoms with Gasteiger partial charge in [0, 0.05) is 13.6 Å². The molecule has 10 heteroatoms. The van der Waals surface area contributed by atoms with Crippen molar-refractivity contribution in [3.8, 4) is 0 Å². The summed E-state index contributed by atoms with van der Waals surface area (Å²) in [5, 5.41) is 10.8. The van der Waals surface area contributed by atoms with Crippen LogP contribution >= 0.6 is 11.3 Å². The van der Waals surface area contributed by atoms with Crippen LogP contribution in [0.15, 0.2) is 41.8 Å². The summed E-state index contributed by atoms with van der Waals surface area (Å²) in [5.41, 5.74) is -0.116. The molecule has 0 aliphatic carbocycles. The van der Waals surface area contributed by atoms with Gasteiger partial charge in [0.05, 0.1) is 17.7 Å². The second-order valence-corrected chi connectivity index (χ2v) is 8.07. The SMILES string of the molecule is CN(Cc1ccc(F)c(N2C(=O)Cc3csc(C(=O)O)c3C2=O)c1)c1c(F)cccc1F. The number of hydrogen-bond donors (Lipinski definition) is 1. The number of rotatable bonds is 5. The van der Waals surface area contributed by atoms with Crippen molar-refractivity contribution in [2.45, 2.75) is 13.0 Å². The Morgan fingerprint density at radius 1 is 1.12 bits per heavy atom. The maximum atomic E-state index is 14.7. The van der Waals surface area contributed by atoms with Gasteiger partial charge in [-0.2, -0.15) is 0 Å². The molecule has 0 radical (unpaired) electrons. The molecule has 6 nitrogen and oxygen atoms in total. The summed E-state index contributed by atoms with van der Waals surface area (Å²) in [6, 6.07) is 7.08. The summed E-state index contributed by atoms with van der Waals surface area (Å²) in [5.74, 6) is -5.38. The predicted octanol–water partition coefficient (Wildman–Crippen LogP) is 4.23. The van der Waals surface area contributed by atoms with Gasteiger partial charge >= 0.3 is 5.97 Å². The highest BCUT2D eigenvalue weighted by atomic mass is 32.1. The molecule has 1 aliphatic rings. The van der Waals surface area contributed by atoms with Crippen molar-refractivity contribution >= 4 is 40.5 Å². The Balaban J connectivity index is 1.70. The molecule has 0 fully saturated rings. The zero-order valence-corrected chi connectivity index (χ0v) is 17.4. The quantitative estimate of drug-likeness (QED) is 0.577. The molecule has 1 N–H and O–H groups in total. The Labute approximate surface area is 184 Å². The normalized spacial score (nSPS) is 13.3. The van der Waals surface area contributed by atoms with Crippen molar-refractivity contribution in [1.29, 1.82) is 0 Å². The molecule has 2 amide bonds. The third kappa shape index (κ3) is 3.62. The van der Waals surface area contributed by atoms with Crippen LogP contribution in [0, 0.1) is 17.5 Å². The van der Waals surface area contributed by atoms with Gasteiger partial charge in [0.1, 0.15) is 28.0 Å². The van der Waals surface area contributed by atoms with Crippen LogP contribution in [0.1, 0.15) is 31.2 Å². The molecule has 0 atom stereocenters. The van der Waals surface area contributed by atoms with E-state index < -0.39 is 35.2 Å². The first kappa shape index (κ1) is 21.6. The van der Waals surface area contributed by atoms with Crippen molar-refractivity contribution in [2.24, 2.45) is 0 Å². The van der Waals surface area contributed by atoms with Gasteiger partial charge in [-0.15, -0.1) is 11.3 Å². The fourth-order valence-electron chi connectivity index (χ4n) is 3.66. The van der Waals surface area contributed by atoms with E-state index in [1.807, 2.05) is 0 Å². The van der Waals surface area contributed by atoms with E-state index in [9.17, 15) is 32.7 Å². The minimum Gasteiger partial charge on any atom is -0.477 e. The first-order valence-corrected chi connectivity index (χ1v) is 10.2. The minimum absolute atomic E-state index is 0.0502. The highest BCUT2D eigenvalue weighted by Crippen LogP contribution is 2.33. The third-order valence-electron chi connectivity index (χ3n) is 5.06. The summed E-state index contributed by atoms with van der Waals surface area (Å²) < 4.78 is 42.8. The summed E-state index contributed by atoms with van der Waals surface area (Å²) in [4.78, 5) is 38.7. The Hall–Kier alpha value is -3.66. The second kappa shape index (κ2) is 8.12. The second-order valence-electron chi connectivity index (χ2n) is 7.19. The summed E-state index contributed by atoms with van der Waals surface area (Å²) in [6.45, 7) is -0.0502. The third-order valence-corrected chi connectivity index (χ3v) is 6.08. The van der Waals surface area contributed by atoms with Gasteiger partial charge in [-0.3, -0.25) is 9.59 Å². The Morgan fingerprint density at radius 3 is 2.47 bits per heavy atom. The van der Waals surface area contributed by atoms with Crippen molar-refractivity contribution in [2.75, 3.05) is 16.8 Å². The van der Waals surface area contributed by atoms with E-state index in [0.717, 1.165) is 29.5 Å². The Kier molecular flexibility index (Phi) is 5.47. The molecule has 4 rings (SSSR count). The van der Waals surface area contributed by atoms with Gasteiger partial charge in [0.25, 0.3) is 5.91 Å². The molecule has 3 aromatic rings. The molecule has 0 saturated carbocycles. The van der Waals surface area contributed by atoms with Gasteiger partial charge in [-0.05, 0) is 40.8 Å². The van der Waals surface area contributed by atoms with Gasteiger partial charge in [0.2, 0.25) is 5.91 Å². The maximum Gasteiger partial charge on any atom is 0.346 e. The number of para-hydroxylation sites is 1. The average molecular weight is 460 g/mol. The standard InChI is InChI=1S/C22H15F3N2O4S/c1-26(19-14(24)3-2-4-15(19)25)9-11-5-6-13(23)16(7-11)27-17(28)8-12-10-32-20(22(30)31)18(12)21(27)29/h2-7,10H,8-9H2,1H3,(H,30,31). The Morgan fingerprint density at radius 2 is 1.81 bits per heavy atom. The monoisotopic (exact) mass is 460 g/mol. The molecule has 0 saturated heterocycles. The number of fused-ring (bicyclic) bond motifs is 1. The van der Waals surface area contributed by atoms with E-state index in [2.05, 4.69) is 0 Å². The fourth-order valence-corrected chi connectivity index (χ4v) is 4.56. The van der Waals surface area contributed by atoms with E-state index in [1.165, 1.54) is 35.5 Å². The smallest absolute Gasteiger partial charge is 0.346 e. The molecular formula is C22H15F3N2O4S.